The van der Waals surface area contributed by atoms with Crippen molar-refractivity contribution in [2.75, 3.05) is 19.6 Å². The second-order valence-corrected chi connectivity index (χ2v) is 4.62. The van der Waals surface area contributed by atoms with E-state index in [2.05, 4.69) is 10.2 Å². The first kappa shape index (κ1) is 10.9. The number of amides is 1. The first-order chi connectivity index (χ1) is 7.31. The number of nitrogens with one attached hydrogen (secondary N) is 1. The van der Waals surface area contributed by atoms with Crippen LogP contribution in [0.4, 0.5) is 0 Å². The fourth-order valence-electron chi connectivity index (χ4n) is 2.88. The smallest absolute Gasteiger partial charge is 0.234 e. The average Bonchev–Trinajstić information content (AvgIpc) is 2.86. The van der Waals surface area contributed by atoms with Crippen LogP contribution in [0.3, 0.4) is 0 Å². The van der Waals surface area contributed by atoms with E-state index in [0.29, 0.717) is 12.1 Å². The Morgan fingerprint density at radius 1 is 1.27 bits per heavy atom. The maximum atomic E-state index is 11.3. The zero-order chi connectivity index (χ0) is 10.7. The van der Waals surface area contributed by atoms with Gasteiger partial charge in [0.05, 0.1) is 6.54 Å². The van der Waals surface area contributed by atoms with Crippen molar-refractivity contribution >= 4 is 5.91 Å². The van der Waals surface area contributed by atoms with Crippen LogP contribution in [0.25, 0.3) is 0 Å². The summed E-state index contributed by atoms with van der Waals surface area (Å²) < 4.78 is 0. The van der Waals surface area contributed by atoms with Gasteiger partial charge in [0.1, 0.15) is 0 Å². The highest BCUT2D eigenvalue weighted by Gasteiger charge is 2.33. The molecule has 1 amide bonds. The van der Waals surface area contributed by atoms with Crippen LogP contribution in [0, 0.1) is 0 Å². The SMILES string of the molecule is NCC(=O)N[C@@H]1CCC[C@@H]1N1CCCC1. The summed E-state index contributed by atoms with van der Waals surface area (Å²) in [6.07, 6.45) is 6.21. The summed E-state index contributed by atoms with van der Waals surface area (Å²) in [6, 6.07) is 0.919. The second kappa shape index (κ2) is 4.94. The standard InChI is InChI=1S/C11H21N3O/c12-8-11(15)13-9-4-3-5-10(9)14-6-1-2-7-14/h9-10H,1-8,12H2,(H,13,15)/t9-,10+/m1/s1. The van der Waals surface area contributed by atoms with Gasteiger partial charge in [-0.2, -0.15) is 0 Å². The highest BCUT2D eigenvalue weighted by Crippen LogP contribution is 2.26. The summed E-state index contributed by atoms with van der Waals surface area (Å²) in [7, 11) is 0. The molecule has 2 aliphatic rings. The number of hydrogen-bond donors (Lipinski definition) is 2. The van der Waals surface area contributed by atoms with E-state index in [-0.39, 0.29) is 12.5 Å². The molecule has 15 heavy (non-hydrogen) atoms. The van der Waals surface area contributed by atoms with Gasteiger partial charge in [0.25, 0.3) is 0 Å². The summed E-state index contributed by atoms with van der Waals surface area (Å²) in [5, 5.41) is 3.05. The molecule has 2 fully saturated rings. The monoisotopic (exact) mass is 211 g/mol. The van der Waals surface area contributed by atoms with Crippen LogP contribution in [-0.2, 0) is 4.79 Å². The van der Waals surface area contributed by atoms with Crippen LogP contribution < -0.4 is 11.1 Å². The molecule has 4 heteroatoms. The molecule has 1 aliphatic carbocycles. The van der Waals surface area contributed by atoms with Gasteiger partial charge >= 0.3 is 0 Å². The lowest BCUT2D eigenvalue weighted by atomic mass is 10.1. The Kier molecular flexibility index (Phi) is 3.59. The van der Waals surface area contributed by atoms with Crippen molar-refractivity contribution in [1.29, 1.82) is 0 Å². The van der Waals surface area contributed by atoms with E-state index in [1.165, 1.54) is 38.8 Å². The lowest BCUT2D eigenvalue weighted by Crippen LogP contribution is -2.49. The van der Waals surface area contributed by atoms with Gasteiger partial charge in [0, 0.05) is 12.1 Å². The summed E-state index contributed by atoms with van der Waals surface area (Å²) in [5.41, 5.74) is 5.32. The second-order valence-electron chi connectivity index (χ2n) is 4.62. The van der Waals surface area contributed by atoms with E-state index < -0.39 is 0 Å². The van der Waals surface area contributed by atoms with Crippen molar-refractivity contribution in [3.63, 3.8) is 0 Å². The Hall–Kier alpha value is -0.610. The fraction of sp³-hybridized carbons (Fsp3) is 0.909. The maximum absolute atomic E-state index is 11.3. The van der Waals surface area contributed by atoms with Gasteiger partial charge in [-0.15, -0.1) is 0 Å². The number of carbonyl (C=O) groups excluding carboxylic acids is 1. The number of likely N-dealkylation sites (tertiary alicyclic amines) is 1. The molecule has 0 aromatic rings. The summed E-state index contributed by atoms with van der Waals surface area (Å²) in [5.74, 6) is -0.00824. The number of hydrogen-bond acceptors (Lipinski definition) is 3. The van der Waals surface area contributed by atoms with Gasteiger partial charge in [-0.25, -0.2) is 0 Å². The largest absolute Gasteiger partial charge is 0.351 e. The lowest BCUT2D eigenvalue weighted by molar-refractivity contribution is -0.120. The molecule has 86 valence electrons. The minimum absolute atomic E-state index is 0.00824. The number of carbonyl (C=O) groups is 1. The van der Waals surface area contributed by atoms with Crippen LogP contribution in [0.15, 0.2) is 0 Å². The molecule has 1 saturated carbocycles. The molecule has 0 radical (unpaired) electrons. The lowest BCUT2D eigenvalue weighted by Gasteiger charge is -2.29. The fourth-order valence-corrected chi connectivity index (χ4v) is 2.88. The molecule has 1 aliphatic heterocycles. The first-order valence-electron chi connectivity index (χ1n) is 6.05. The predicted octanol–water partition coefficient (Wildman–Crippen LogP) is 0.0782. The highest BCUT2D eigenvalue weighted by atomic mass is 16.1. The Morgan fingerprint density at radius 2 is 2.00 bits per heavy atom. The molecule has 2 rings (SSSR count). The van der Waals surface area contributed by atoms with Crippen LogP contribution >= 0.6 is 0 Å². The highest BCUT2D eigenvalue weighted by molar-refractivity contribution is 5.78. The third-order valence-corrected chi connectivity index (χ3v) is 3.62. The molecule has 3 N–H and O–H groups in total. The molecular formula is C11H21N3O. The van der Waals surface area contributed by atoms with Gasteiger partial charge in [-0.05, 0) is 45.2 Å². The van der Waals surface area contributed by atoms with Crippen molar-refractivity contribution in [2.45, 2.75) is 44.2 Å². The summed E-state index contributed by atoms with van der Waals surface area (Å²) in [4.78, 5) is 13.8. The van der Waals surface area contributed by atoms with Crippen LogP contribution in [-0.4, -0.2) is 42.5 Å². The van der Waals surface area contributed by atoms with Gasteiger partial charge < -0.3 is 11.1 Å². The molecular weight excluding hydrogens is 190 g/mol. The Bertz CT molecular complexity index is 226. The molecule has 4 nitrogen and oxygen atoms in total. The molecule has 0 aromatic carbocycles. The van der Waals surface area contributed by atoms with Crippen LogP contribution in [0.1, 0.15) is 32.1 Å². The molecule has 0 aromatic heterocycles. The zero-order valence-electron chi connectivity index (χ0n) is 9.24. The normalized spacial score (nSPS) is 32.1. The number of nitrogens with two attached hydrogens (primary N) is 1. The Labute approximate surface area is 91.2 Å². The van der Waals surface area contributed by atoms with E-state index in [1.54, 1.807) is 0 Å². The maximum Gasteiger partial charge on any atom is 0.234 e. The quantitative estimate of drug-likeness (QED) is 0.695. The summed E-state index contributed by atoms with van der Waals surface area (Å²) >= 11 is 0. The van der Waals surface area contributed by atoms with Crippen LogP contribution in [0.5, 0.6) is 0 Å². The molecule has 0 bridgehead atoms. The Morgan fingerprint density at radius 3 is 2.67 bits per heavy atom. The number of nitrogens with zero attached hydrogens (tertiary/aromatic N) is 1. The van der Waals surface area contributed by atoms with E-state index >= 15 is 0 Å². The zero-order valence-corrected chi connectivity index (χ0v) is 9.24. The molecule has 0 unspecified atom stereocenters. The third kappa shape index (κ3) is 2.49. The average molecular weight is 211 g/mol. The van der Waals surface area contributed by atoms with E-state index in [9.17, 15) is 4.79 Å². The molecule has 0 spiro atoms. The van der Waals surface area contributed by atoms with Crippen molar-refractivity contribution in [2.24, 2.45) is 5.73 Å². The topological polar surface area (TPSA) is 58.4 Å². The van der Waals surface area contributed by atoms with E-state index in [4.69, 9.17) is 5.73 Å². The van der Waals surface area contributed by atoms with Gasteiger partial charge in [0.2, 0.25) is 5.91 Å². The number of rotatable bonds is 3. The molecule has 1 heterocycles. The van der Waals surface area contributed by atoms with Gasteiger partial charge in [-0.1, -0.05) is 0 Å². The van der Waals surface area contributed by atoms with Crippen molar-refractivity contribution in [3.05, 3.63) is 0 Å². The first-order valence-corrected chi connectivity index (χ1v) is 6.05. The minimum atomic E-state index is -0.00824. The third-order valence-electron chi connectivity index (χ3n) is 3.62. The minimum Gasteiger partial charge on any atom is -0.351 e. The Balaban J connectivity index is 1.89. The molecule has 1 saturated heterocycles. The van der Waals surface area contributed by atoms with Crippen LogP contribution in [0.2, 0.25) is 0 Å². The van der Waals surface area contributed by atoms with E-state index in [1.807, 2.05) is 0 Å². The predicted molar refractivity (Wildman–Crippen MR) is 59.4 cm³/mol. The van der Waals surface area contributed by atoms with Crippen molar-refractivity contribution in [3.8, 4) is 0 Å². The van der Waals surface area contributed by atoms with Gasteiger partial charge in [-0.3, -0.25) is 9.69 Å². The molecule has 2 atom stereocenters. The summed E-state index contributed by atoms with van der Waals surface area (Å²) in [6.45, 7) is 2.53. The van der Waals surface area contributed by atoms with Gasteiger partial charge in [0.15, 0.2) is 0 Å². The van der Waals surface area contributed by atoms with E-state index in [0.717, 1.165) is 6.42 Å². The van der Waals surface area contributed by atoms with Crippen molar-refractivity contribution in [1.82, 2.24) is 10.2 Å². The van der Waals surface area contributed by atoms with Crippen molar-refractivity contribution < 1.29 is 4.79 Å².